The van der Waals surface area contributed by atoms with Crippen LogP contribution in [-0.2, 0) is 0 Å². The molecule has 0 fully saturated rings. The molecule has 94 valence electrons. The first kappa shape index (κ1) is 12.5. The Bertz CT molecular complexity index is 577. The highest BCUT2D eigenvalue weighted by atomic mass is 35.5. The van der Waals surface area contributed by atoms with Crippen LogP contribution in [0.25, 0.3) is 0 Å². The second kappa shape index (κ2) is 5.14. The summed E-state index contributed by atoms with van der Waals surface area (Å²) in [6.07, 6.45) is 0. The summed E-state index contributed by atoms with van der Waals surface area (Å²) in [6, 6.07) is 8.52. The zero-order valence-electron chi connectivity index (χ0n) is 9.99. The molecule has 0 bridgehead atoms. The maximum atomic E-state index is 11.9. The number of hydrogen-bond donors (Lipinski definition) is 1. The Kier molecular flexibility index (Phi) is 3.58. The molecule has 0 aliphatic heterocycles. The third-order valence-electron chi connectivity index (χ3n) is 2.40. The molecule has 0 radical (unpaired) electrons. The summed E-state index contributed by atoms with van der Waals surface area (Å²) in [6.45, 7) is 1.94. The first-order valence-electron chi connectivity index (χ1n) is 5.31. The molecule has 0 aliphatic rings. The average molecular weight is 266 g/mol. The largest absolute Gasteiger partial charge is 0.495 e. The van der Waals surface area contributed by atoms with Crippen molar-refractivity contribution in [3.05, 3.63) is 46.9 Å². The van der Waals surface area contributed by atoms with E-state index >= 15 is 0 Å². The van der Waals surface area contributed by atoms with Gasteiger partial charge in [-0.2, -0.15) is 0 Å². The number of amides is 1. The van der Waals surface area contributed by atoms with Crippen molar-refractivity contribution in [1.82, 2.24) is 0 Å². The highest BCUT2D eigenvalue weighted by Crippen LogP contribution is 2.26. The molecule has 5 heteroatoms. The van der Waals surface area contributed by atoms with Gasteiger partial charge in [0.05, 0.1) is 12.8 Å². The predicted octanol–water partition coefficient (Wildman–Crippen LogP) is 3.50. The number of anilines is 1. The topological polar surface area (TPSA) is 51.5 Å². The Hall–Kier alpha value is -1.94. The van der Waals surface area contributed by atoms with Crippen molar-refractivity contribution in [3.8, 4) is 5.75 Å². The molecule has 2 aromatic rings. The number of furan rings is 1. The van der Waals surface area contributed by atoms with Crippen LogP contribution in [0.15, 0.2) is 34.7 Å². The van der Waals surface area contributed by atoms with E-state index in [9.17, 15) is 4.79 Å². The molecule has 0 saturated carbocycles. The van der Waals surface area contributed by atoms with Crippen molar-refractivity contribution < 1.29 is 13.9 Å². The molecule has 1 aromatic heterocycles. The minimum Gasteiger partial charge on any atom is -0.495 e. The number of halogens is 1. The van der Waals surface area contributed by atoms with E-state index in [1.807, 2.05) is 19.1 Å². The molecule has 4 nitrogen and oxygen atoms in total. The van der Waals surface area contributed by atoms with Crippen molar-refractivity contribution in [2.75, 3.05) is 12.4 Å². The first-order chi connectivity index (χ1) is 8.60. The molecule has 1 heterocycles. The Balaban J connectivity index is 2.21. The van der Waals surface area contributed by atoms with E-state index in [1.165, 1.54) is 12.1 Å². The molecule has 0 spiro atoms. The van der Waals surface area contributed by atoms with Gasteiger partial charge >= 0.3 is 0 Å². The number of rotatable bonds is 3. The van der Waals surface area contributed by atoms with Crippen molar-refractivity contribution in [3.63, 3.8) is 0 Å². The lowest BCUT2D eigenvalue weighted by molar-refractivity contribution is 0.0996. The van der Waals surface area contributed by atoms with Gasteiger partial charge < -0.3 is 14.5 Å². The third-order valence-corrected chi connectivity index (χ3v) is 2.61. The maximum Gasteiger partial charge on any atom is 0.291 e. The lowest BCUT2D eigenvalue weighted by Gasteiger charge is -2.09. The van der Waals surface area contributed by atoms with Crippen molar-refractivity contribution >= 4 is 23.2 Å². The smallest absolute Gasteiger partial charge is 0.291 e. The third kappa shape index (κ3) is 2.65. The van der Waals surface area contributed by atoms with E-state index in [1.54, 1.807) is 13.2 Å². The lowest BCUT2D eigenvalue weighted by atomic mass is 10.2. The Morgan fingerprint density at radius 1 is 1.33 bits per heavy atom. The zero-order chi connectivity index (χ0) is 13.1. The maximum absolute atomic E-state index is 11.9. The van der Waals surface area contributed by atoms with Gasteiger partial charge in [-0.15, -0.1) is 0 Å². The second-order valence-electron chi connectivity index (χ2n) is 3.76. The molecular weight excluding hydrogens is 254 g/mol. The van der Waals surface area contributed by atoms with Crippen molar-refractivity contribution in [2.45, 2.75) is 6.92 Å². The van der Waals surface area contributed by atoms with E-state index < -0.39 is 0 Å². The van der Waals surface area contributed by atoms with Gasteiger partial charge in [0.2, 0.25) is 0 Å². The summed E-state index contributed by atoms with van der Waals surface area (Å²) in [5, 5.41) is 2.88. The molecule has 1 aromatic carbocycles. The fourth-order valence-corrected chi connectivity index (χ4v) is 1.67. The van der Waals surface area contributed by atoms with Gasteiger partial charge in [0.1, 0.15) is 5.75 Å². The Labute approximate surface area is 110 Å². The van der Waals surface area contributed by atoms with Gasteiger partial charge in [0.15, 0.2) is 11.0 Å². The van der Waals surface area contributed by atoms with E-state index in [0.29, 0.717) is 11.4 Å². The van der Waals surface area contributed by atoms with Crippen LogP contribution in [0.4, 0.5) is 5.69 Å². The molecule has 1 N–H and O–H groups in total. The SMILES string of the molecule is COc1cc(C)ccc1NC(=O)c1ccc(Cl)o1. The monoisotopic (exact) mass is 265 g/mol. The predicted molar refractivity (Wildman–Crippen MR) is 69.4 cm³/mol. The highest BCUT2D eigenvalue weighted by molar-refractivity contribution is 6.29. The number of methoxy groups -OCH3 is 1. The fourth-order valence-electron chi connectivity index (χ4n) is 1.52. The second-order valence-corrected chi connectivity index (χ2v) is 4.13. The Morgan fingerprint density at radius 2 is 2.11 bits per heavy atom. The minimum atomic E-state index is -0.371. The highest BCUT2D eigenvalue weighted by Gasteiger charge is 2.13. The number of carbonyl (C=O) groups is 1. The van der Waals surface area contributed by atoms with Crippen LogP contribution in [0.2, 0.25) is 5.22 Å². The number of hydrogen-bond acceptors (Lipinski definition) is 3. The quantitative estimate of drug-likeness (QED) is 0.924. The fraction of sp³-hybridized carbons (Fsp3) is 0.154. The Morgan fingerprint density at radius 3 is 2.72 bits per heavy atom. The van der Waals surface area contributed by atoms with Crippen LogP contribution < -0.4 is 10.1 Å². The van der Waals surface area contributed by atoms with E-state index in [-0.39, 0.29) is 16.9 Å². The van der Waals surface area contributed by atoms with Crippen LogP contribution in [0, 0.1) is 6.92 Å². The van der Waals surface area contributed by atoms with Gasteiger partial charge in [0.25, 0.3) is 5.91 Å². The number of benzene rings is 1. The molecule has 0 unspecified atom stereocenters. The molecule has 2 rings (SSSR count). The van der Waals surface area contributed by atoms with Gasteiger partial charge in [-0.3, -0.25) is 4.79 Å². The van der Waals surface area contributed by atoms with E-state index in [2.05, 4.69) is 5.32 Å². The summed E-state index contributed by atoms with van der Waals surface area (Å²) in [5.74, 6) is 0.382. The van der Waals surface area contributed by atoms with Crippen LogP contribution in [0.5, 0.6) is 5.75 Å². The molecule has 0 atom stereocenters. The number of aryl methyl sites for hydroxylation is 1. The summed E-state index contributed by atoms with van der Waals surface area (Å²) in [4.78, 5) is 11.9. The molecule has 1 amide bonds. The van der Waals surface area contributed by atoms with Crippen LogP contribution in [0.3, 0.4) is 0 Å². The van der Waals surface area contributed by atoms with Gasteiger partial charge in [-0.25, -0.2) is 0 Å². The van der Waals surface area contributed by atoms with Gasteiger partial charge in [-0.1, -0.05) is 6.07 Å². The normalized spacial score (nSPS) is 10.2. The van der Waals surface area contributed by atoms with Crippen LogP contribution in [-0.4, -0.2) is 13.0 Å². The number of nitrogens with one attached hydrogen (secondary N) is 1. The summed E-state index contributed by atoms with van der Waals surface area (Å²) in [5.41, 5.74) is 1.63. The van der Waals surface area contributed by atoms with Crippen molar-refractivity contribution in [1.29, 1.82) is 0 Å². The number of carbonyl (C=O) groups excluding carboxylic acids is 1. The summed E-state index contributed by atoms with van der Waals surface area (Å²) in [7, 11) is 1.55. The van der Waals surface area contributed by atoms with E-state index in [4.69, 9.17) is 20.8 Å². The van der Waals surface area contributed by atoms with E-state index in [0.717, 1.165) is 5.56 Å². The molecule has 0 aliphatic carbocycles. The zero-order valence-corrected chi connectivity index (χ0v) is 10.7. The lowest BCUT2D eigenvalue weighted by Crippen LogP contribution is -2.11. The number of ether oxygens (including phenoxy) is 1. The van der Waals surface area contributed by atoms with Crippen LogP contribution >= 0.6 is 11.6 Å². The first-order valence-corrected chi connectivity index (χ1v) is 5.69. The minimum absolute atomic E-state index is 0.155. The molecule has 18 heavy (non-hydrogen) atoms. The van der Waals surface area contributed by atoms with Gasteiger partial charge in [0, 0.05) is 0 Å². The molecular formula is C13H12ClNO3. The van der Waals surface area contributed by atoms with Gasteiger partial charge in [-0.05, 0) is 48.4 Å². The summed E-state index contributed by atoms with van der Waals surface area (Å²) < 4.78 is 10.2. The van der Waals surface area contributed by atoms with Crippen LogP contribution in [0.1, 0.15) is 16.1 Å². The summed E-state index contributed by atoms with van der Waals surface area (Å²) >= 11 is 5.62. The van der Waals surface area contributed by atoms with Crippen molar-refractivity contribution in [2.24, 2.45) is 0 Å². The average Bonchev–Trinajstić information content (AvgIpc) is 2.78. The molecule has 0 saturated heterocycles. The standard InChI is InChI=1S/C13H12ClNO3/c1-8-3-4-9(11(7-8)17-2)15-13(16)10-5-6-12(14)18-10/h3-7H,1-2H3,(H,15,16).